The lowest BCUT2D eigenvalue weighted by Gasteiger charge is -2.34. The van der Waals surface area contributed by atoms with Crippen molar-refractivity contribution in [3.8, 4) is 0 Å². The molecule has 0 saturated heterocycles. The van der Waals surface area contributed by atoms with Gasteiger partial charge in [0.1, 0.15) is 0 Å². The number of hydrogen-bond donors (Lipinski definition) is 3. The van der Waals surface area contributed by atoms with Crippen molar-refractivity contribution in [3.05, 3.63) is 47.2 Å². The Balaban J connectivity index is 3.41. The van der Waals surface area contributed by atoms with Crippen LogP contribution in [0.25, 0.3) is 0 Å². The molecule has 0 aliphatic carbocycles. The summed E-state index contributed by atoms with van der Waals surface area (Å²) in [5, 5.41) is 9.03. The van der Waals surface area contributed by atoms with Crippen molar-refractivity contribution in [1.82, 2.24) is 16.0 Å². The highest BCUT2D eigenvalue weighted by Gasteiger charge is 2.30. The van der Waals surface area contributed by atoms with Crippen LogP contribution in [-0.4, -0.2) is 28.8 Å². The third-order valence-electron chi connectivity index (χ3n) is 5.60. The molecule has 3 amide bonds. The average molecular weight is 528 g/mol. The largest absolute Gasteiger partial charge is 0.347 e. The molecule has 3 N–H and O–H groups in total. The number of carbonyl (C=O) groups excluding carboxylic acids is 3. The van der Waals surface area contributed by atoms with E-state index >= 15 is 0 Å². The first-order chi connectivity index (χ1) is 16.8. The Hall–Kier alpha value is -2.63. The van der Waals surface area contributed by atoms with E-state index in [2.05, 4.69) is 84.8 Å². The highest BCUT2D eigenvalue weighted by Crippen LogP contribution is 2.29. The smallest absolute Gasteiger partial charge is 0.255 e. The van der Waals surface area contributed by atoms with Crippen LogP contribution in [0.3, 0.4) is 0 Å². The van der Waals surface area contributed by atoms with Crippen molar-refractivity contribution in [1.29, 1.82) is 0 Å². The number of carbonyl (C=O) groups is 3. The van der Waals surface area contributed by atoms with Gasteiger partial charge in [-0.15, -0.1) is 0 Å². The predicted octanol–water partition coefficient (Wildman–Crippen LogP) is 7.26. The first-order valence-electron chi connectivity index (χ1n) is 13.6. The molecule has 0 aliphatic heterocycles. The second-order valence-corrected chi connectivity index (χ2v) is 15.7. The Morgan fingerprint density at radius 1 is 0.579 bits per heavy atom. The molecule has 0 bridgehead atoms. The van der Waals surface area contributed by atoms with Gasteiger partial charge in [-0.2, -0.15) is 0 Å². The molecule has 1 aromatic rings. The number of amides is 3. The first-order valence-corrected chi connectivity index (χ1v) is 13.6. The summed E-state index contributed by atoms with van der Waals surface area (Å²) in [6, 6.07) is 4.64. The normalized spacial score (nSPS) is 13.1. The van der Waals surface area contributed by atoms with Crippen LogP contribution in [0.5, 0.6) is 0 Å². The van der Waals surface area contributed by atoms with Gasteiger partial charge in [0.2, 0.25) is 0 Å². The van der Waals surface area contributed by atoms with Gasteiger partial charge in [0.05, 0.1) is 0 Å². The minimum atomic E-state index is -0.480. The van der Waals surface area contributed by atoms with Crippen molar-refractivity contribution >= 4 is 17.7 Å². The van der Waals surface area contributed by atoms with E-state index < -0.39 is 17.0 Å². The molecule has 0 unspecified atom stereocenters. The number of rotatable bonds is 9. The lowest BCUT2D eigenvalue weighted by molar-refractivity contribution is 0.0888. The Kier molecular flexibility index (Phi) is 10.2. The highest BCUT2D eigenvalue weighted by molar-refractivity contribution is 6.05. The highest BCUT2D eigenvalue weighted by atomic mass is 16.2. The maximum Gasteiger partial charge on any atom is 0.255 e. The molecule has 0 spiro atoms. The van der Waals surface area contributed by atoms with Crippen molar-refractivity contribution in [2.75, 3.05) is 0 Å². The van der Waals surface area contributed by atoms with Gasteiger partial charge in [0.25, 0.3) is 17.7 Å². The number of benzene rings is 1. The SMILES string of the molecule is C=C(CC(C)(C)C)NC(=O)c1cc(C(=O)NC(C)(C)CC(C)(C)C)cc(C(=O)NC(C)(C)CC(C)(C)C)c1. The molecule has 6 heteroatoms. The van der Waals surface area contributed by atoms with Gasteiger partial charge in [-0.25, -0.2) is 0 Å². The van der Waals surface area contributed by atoms with E-state index in [-0.39, 0.29) is 44.7 Å². The number of allylic oxidation sites excluding steroid dienone is 1. The van der Waals surface area contributed by atoms with Crippen molar-refractivity contribution in [3.63, 3.8) is 0 Å². The maximum atomic E-state index is 13.4. The summed E-state index contributed by atoms with van der Waals surface area (Å²) >= 11 is 0. The van der Waals surface area contributed by atoms with E-state index in [9.17, 15) is 14.4 Å². The van der Waals surface area contributed by atoms with E-state index in [0.29, 0.717) is 12.1 Å². The Bertz CT molecular complexity index is 985. The molecule has 0 aliphatic rings. The minimum absolute atomic E-state index is 0.00954. The molecule has 0 saturated carbocycles. The molecule has 214 valence electrons. The molecule has 0 atom stereocenters. The van der Waals surface area contributed by atoms with Crippen LogP contribution in [0, 0.1) is 16.2 Å². The summed E-state index contributed by atoms with van der Waals surface area (Å²) in [6.45, 7) is 30.8. The van der Waals surface area contributed by atoms with Crippen LogP contribution >= 0.6 is 0 Å². The van der Waals surface area contributed by atoms with Gasteiger partial charge in [-0.3, -0.25) is 14.4 Å². The average Bonchev–Trinajstić information content (AvgIpc) is 2.60. The van der Waals surface area contributed by atoms with Gasteiger partial charge in [-0.1, -0.05) is 68.9 Å². The van der Waals surface area contributed by atoms with Crippen LogP contribution in [0.1, 0.15) is 140 Å². The van der Waals surface area contributed by atoms with E-state index in [1.807, 2.05) is 27.7 Å². The zero-order chi connectivity index (χ0) is 29.9. The summed E-state index contributed by atoms with van der Waals surface area (Å²) in [7, 11) is 0. The fourth-order valence-corrected chi connectivity index (χ4v) is 5.44. The lowest BCUT2D eigenvalue weighted by atomic mass is 9.81. The van der Waals surface area contributed by atoms with Crippen LogP contribution in [0.2, 0.25) is 0 Å². The first kappa shape index (κ1) is 33.4. The van der Waals surface area contributed by atoms with E-state index in [0.717, 1.165) is 12.8 Å². The zero-order valence-corrected chi connectivity index (χ0v) is 26.3. The van der Waals surface area contributed by atoms with E-state index in [1.54, 1.807) is 18.2 Å². The molecule has 0 radical (unpaired) electrons. The Labute approximate surface area is 231 Å². The Morgan fingerprint density at radius 3 is 1.18 bits per heavy atom. The molecular formula is C32H53N3O3. The third-order valence-corrected chi connectivity index (χ3v) is 5.60. The van der Waals surface area contributed by atoms with Crippen molar-refractivity contribution < 1.29 is 14.4 Å². The second-order valence-electron chi connectivity index (χ2n) is 15.7. The zero-order valence-electron chi connectivity index (χ0n) is 26.3. The van der Waals surface area contributed by atoms with E-state index in [1.165, 1.54) is 0 Å². The van der Waals surface area contributed by atoms with E-state index in [4.69, 9.17) is 0 Å². The molecule has 38 heavy (non-hydrogen) atoms. The standard InChI is InChI=1S/C32H53N3O3/c1-21(18-28(2,3)4)33-25(36)22-15-23(26(37)34-31(11,12)19-29(5,6)7)17-24(16-22)27(38)35-32(13,14)20-30(8,9)10/h15-17H,1,18-20H2,2-14H3,(H,33,36)(H,34,37)(H,35,38). The van der Waals surface area contributed by atoms with Gasteiger partial charge < -0.3 is 16.0 Å². The quantitative estimate of drug-likeness (QED) is 0.316. The van der Waals surface area contributed by atoms with Crippen LogP contribution in [0.15, 0.2) is 30.5 Å². The monoisotopic (exact) mass is 527 g/mol. The lowest BCUT2D eigenvalue weighted by Crippen LogP contribution is -2.46. The van der Waals surface area contributed by atoms with Gasteiger partial charge in [0, 0.05) is 33.5 Å². The number of hydrogen-bond acceptors (Lipinski definition) is 3. The number of nitrogens with one attached hydrogen (secondary N) is 3. The van der Waals surface area contributed by atoms with Crippen LogP contribution in [0.4, 0.5) is 0 Å². The van der Waals surface area contributed by atoms with Gasteiger partial charge in [0.15, 0.2) is 0 Å². The van der Waals surface area contributed by atoms with Crippen molar-refractivity contribution in [2.24, 2.45) is 16.2 Å². The minimum Gasteiger partial charge on any atom is -0.347 e. The second kappa shape index (κ2) is 11.6. The predicted molar refractivity (Wildman–Crippen MR) is 158 cm³/mol. The Morgan fingerprint density at radius 2 is 0.895 bits per heavy atom. The fourth-order valence-electron chi connectivity index (χ4n) is 5.44. The molecule has 1 rings (SSSR count). The van der Waals surface area contributed by atoms with Gasteiger partial charge in [-0.05, 0) is 81.4 Å². The third kappa shape index (κ3) is 12.7. The fraction of sp³-hybridized carbons (Fsp3) is 0.656. The maximum absolute atomic E-state index is 13.4. The molecule has 0 aromatic heterocycles. The topological polar surface area (TPSA) is 87.3 Å². The molecule has 0 heterocycles. The van der Waals surface area contributed by atoms with Crippen LogP contribution in [-0.2, 0) is 0 Å². The molecule has 0 fully saturated rings. The van der Waals surface area contributed by atoms with Gasteiger partial charge >= 0.3 is 0 Å². The summed E-state index contributed by atoms with van der Waals surface area (Å²) in [6.07, 6.45) is 2.12. The summed E-state index contributed by atoms with van der Waals surface area (Å²) in [5.74, 6) is -1.05. The van der Waals surface area contributed by atoms with Crippen molar-refractivity contribution in [2.45, 2.75) is 120 Å². The molecular weight excluding hydrogens is 474 g/mol. The summed E-state index contributed by atoms with van der Waals surface area (Å²) in [4.78, 5) is 40.0. The molecule has 1 aromatic carbocycles. The molecule has 6 nitrogen and oxygen atoms in total. The van der Waals surface area contributed by atoms with Crippen LogP contribution < -0.4 is 16.0 Å². The summed E-state index contributed by atoms with van der Waals surface area (Å²) < 4.78 is 0. The summed E-state index contributed by atoms with van der Waals surface area (Å²) in [5.41, 5.74) is 0.359.